The van der Waals surface area contributed by atoms with E-state index >= 15 is 0 Å². The quantitative estimate of drug-likeness (QED) is 0.365. The molecule has 2 aromatic carbocycles. The molecule has 2 heterocycles. The zero-order valence-electron chi connectivity index (χ0n) is 15.2. The molecule has 0 aliphatic heterocycles. The highest BCUT2D eigenvalue weighted by atomic mass is 32.1. The van der Waals surface area contributed by atoms with Crippen molar-refractivity contribution < 1.29 is 9.66 Å². The van der Waals surface area contributed by atoms with Gasteiger partial charge in [-0.1, -0.05) is 29.8 Å². The second kappa shape index (κ2) is 7.24. The van der Waals surface area contributed by atoms with Crippen LogP contribution >= 0.6 is 11.3 Å². The normalized spacial score (nSPS) is 10.8. The molecule has 0 saturated heterocycles. The Morgan fingerprint density at radius 2 is 1.93 bits per heavy atom. The summed E-state index contributed by atoms with van der Waals surface area (Å²) < 4.78 is 5.06. The monoisotopic (exact) mass is 392 g/mol. The van der Waals surface area contributed by atoms with Gasteiger partial charge in [0, 0.05) is 22.7 Å². The van der Waals surface area contributed by atoms with Gasteiger partial charge >= 0.3 is 5.69 Å². The van der Waals surface area contributed by atoms with Crippen molar-refractivity contribution in [2.75, 3.05) is 12.4 Å². The number of nitrogens with zero attached hydrogens (tertiary/aromatic N) is 3. The lowest BCUT2D eigenvalue weighted by Gasteiger charge is -2.10. The molecule has 4 rings (SSSR count). The smallest absolute Gasteiger partial charge is 0.312 e. The van der Waals surface area contributed by atoms with Gasteiger partial charge in [-0.05, 0) is 24.6 Å². The molecule has 0 radical (unpaired) electrons. The van der Waals surface area contributed by atoms with Gasteiger partial charge in [-0.25, -0.2) is 9.97 Å². The predicted molar refractivity (Wildman–Crippen MR) is 111 cm³/mol. The van der Waals surface area contributed by atoms with Crippen LogP contribution in [-0.4, -0.2) is 22.0 Å². The third-order valence-electron chi connectivity index (χ3n) is 4.37. The van der Waals surface area contributed by atoms with Crippen LogP contribution in [0, 0.1) is 17.0 Å². The molecule has 0 amide bonds. The summed E-state index contributed by atoms with van der Waals surface area (Å²) in [5.41, 5.74) is 3.71. The van der Waals surface area contributed by atoms with E-state index < -0.39 is 4.92 Å². The third-order valence-corrected chi connectivity index (χ3v) is 5.26. The number of ether oxygens (including phenoxy) is 1. The zero-order valence-corrected chi connectivity index (χ0v) is 16.0. The molecular formula is C20H16N4O3S. The van der Waals surface area contributed by atoms with E-state index in [0.717, 1.165) is 21.3 Å². The van der Waals surface area contributed by atoms with E-state index in [4.69, 9.17) is 4.74 Å². The lowest BCUT2D eigenvalue weighted by atomic mass is 10.0. The highest BCUT2D eigenvalue weighted by molar-refractivity contribution is 7.17. The van der Waals surface area contributed by atoms with Gasteiger partial charge in [0.2, 0.25) is 0 Å². The number of hydrogen-bond acceptors (Lipinski definition) is 7. The minimum absolute atomic E-state index is 0.109. The number of fused-ring (bicyclic) bond motifs is 1. The molecule has 8 heteroatoms. The van der Waals surface area contributed by atoms with E-state index in [9.17, 15) is 10.1 Å². The van der Waals surface area contributed by atoms with Crippen LogP contribution < -0.4 is 10.1 Å². The highest BCUT2D eigenvalue weighted by Crippen LogP contribution is 2.38. The van der Waals surface area contributed by atoms with E-state index in [0.29, 0.717) is 11.5 Å². The van der Waals surface area contributed by atoms with Crippen molar-refractivity contribution in [2.24, 2.45) is 0 Å². The zero-order chi connectivity index (χ0) is 19.7. The number of benzene rings is 2. The van der Waals surface area contributed by atoms with Gasteiger partial charge in [0.25, 0.3) is 0 Å². The first-order valence-electron chi connectivity index (χ1n) is 8.45. The first-order chi connectivity index (χ1) is 13.6. The van der Waals surface area contributed by atoms with Crippen LogP contribution in [0.5, 0.6) is 5.75 Å². The summed E-state index contributed by atoms with van der Waals surface area (Å²) in [5.74, 6) is 0.806. The number of anilines is 2. The molecule has 0 unspecified atom stereocenters. The summed E-state index contributed by atoms with van der Waals surface area (Å²) in [5, 5.41) is 17.4. The lowest BCUT2D eigenvalue weighted by molar-refractivity contribution is -0.385. The Kier molecular flexibility index (Phi) is 4.62. The molecule has 0 bridgehead atoms. The summed E-state index contributed by atoms with van der Waals surface area (Å²) >= 11 is 1.53. The van der Waals surface area contributed by atoms with Crippen LogP contribution in [0.25, 0.3) is 21.3 Å². The molecule has 0 saturated carbocycles. The predicted octanol–water partition coefficient (Wildman–Crippen LogP) is 5.33. The van der Waals surface area contributed by atoms with Crippen LogP contribution in [0.2, 0.25) is 0 Å². The molecule has 140 valence electrons. The average molecular weight is 392 g/mol. The lowest BCUT2D eigenvalue weighted by Crippen LogP contribution is -1.98. The number of rotatable bonds is 5. The molecule has 28 heavy (non-hydrogen) atoms. The number of nitro benzene ring substituents is 1. The Bertz CT molecular complexity index is 1170. The van der Waals surface area contributed by atoms with E-state index in [-0.39, 0.29) is 11.4 Å². The molecule has 0 spiro atoms. The number of methoxy groups -OCH3 is 1. The van der Waals surface area contributed by atoms with Gasteiger partial charge in [0.05, 0.1) is 17.4 Å². The molecule has 4 aromatic rings. The molecule has 0 aliphatic rings. The van der Waals surface area contributed by atoms with Crippen LogP contribution in [0.4, 0.5) is 17.2 Å². The van der Waals surface area contributed by atoms with Gasteiger partial charge < -0.3 is 10.1 Å². The number of thiophene rings is 1. The first kappa shape index (κ1) is 17.9. The second-order valence-electron chi connectivity index (χ2n) is 6.19. The van der Waals surface area contributed by atoms with Gasteiger partial charge in [-0.2, -0.15) is 0 Å². The van der Waals surface area contributed by atoms with Crippen LogP contribution in [0.1, 0.15) is 5.56 Å². The second-order valence-corrected chi connectivity index (χ2v) is 7.04. The summed E-state index contributed by atoms with van der Waals surface area (Å²) in [4.78, 5) is 20.4. The topological polar surface area (TPSA) is 90.2 Å². The van der Waals surface area contributed by atoms with Gasteiger partial charge in [-0.3, -0.25) is 10.1 Å². The number of hydrogen-bond donors (Lipinski definition) is 1. The summed E-state index contributed by atoms with van der Waals surface area (Å²) in [7, 11) is 1.41. The van der Waals surface area contributed by atoms with Crippen molar-refractivity contribution >= 4 is 38.7 Å². The van der Waals surface area contributed by atoms with Crippen molar-refractivity contribution in [1.29, 1.82) is 0 Å². The Labute approximate surface area is 164 Å². The number of nitrogens with one attached hydrogen (secondary N) is 1. The number of aryl methyl sites for hydroxylation is 1. The van der Waals surface area contributed by atoms with Crippen LogP contribution in [-0.2, 0) is 0 Å². The van der Waals surface area contributed by atoms with Crippen molar-refractivity contribution in [2.45, 2.75) is 6.92 Å². The fourth-order valence-electron chi connectivity index (χ4n) is 2.96. The fourth-order valence-corrected chi connectivity index (χ4v) is 3.88. The van der Waals surface area contributed by atoms with Gasteiger partial charge in [0.15, 0.2) is 5.75 Å². The average Bonchev–Trinajstić information content (AvgIpc) is 3.14. The molecule has 0 aliphatic carbocycles. The molecule has 0 fully saturated rings. The van der Waals surface area contributed by atoms with E-state index in [1.165, 1.54) is 36.4 Å². The standard InChI is InChI=1S/C20H16N4O3S/c1-12-3-5-13(6-4-12)15-10-28-20-18(15)19(21-11-22-20)23-14-7-8-17(27-2)16(9-14)24(25)26/h3-11H,1-2H3,(H,21,22,23). The molecule has 7 nitrogen and oxygen atoms in total. The van der Waals surface area contributed by atoms with E-state index in [2.05, 4.69) is 39.6 Å². The Hall–Kier alpha value is -3.52. The van der Waals surface area contributed by atoms with Gasteiger partial charge in [0.1, 0.15) is 17.0 Å². The largest absolute Gasteiger partial charge is 0.490 e. The third kappa shape index (κ3) is 3.25. The van der Waals surface area contributed by atoms with E-state index in [1.54, 1.807) is 12.1 Å². The highest BCUT2D eigenvalue weighted by Gasteiger charge is 2.17. The van der Waals surface area contributed by atoms with Gasteiger partial charge in [-0.15, -0.1) is 11.3 Å². The summed E-state index contributed by atoms with van der Waals surface area (Å²) in [6.45, 7) is 2.04. The molecule has 2 aromatic heterocycles. The fraction of sp³-hybridized carbons (Fsp3) is 0.100. The SMILES string of the molecule is COc1ccc(Nc2ncnc3scc(-c4ccc(C)cc4)c23)cc1[N+](=O)[O-]. The maximum Gasteiger partial charge on any atom is 0.312 e. The Morgan fingerprint density at radius 3 is 2.64 bits per heavy atom. The van der Waals surface area contributed by atoms with Crippen molar-refractivity contribution in [3.63, 3.8) is 0 Å². The summed E-state index contributed by atoms with van der Waals surface area (Å²) in [6, 6.07) is 13.0. The van der Waals surface area contributed by atoms with Crippen molar-refractivity contribution in [3.8, 4) is 16.9 Å². The van der Waals surface area contributed by atoms with Crippen molar-refractivity contribution in [3.05, 3.63) is 69.8 Å². The molecule has 0 atom stereocenters. The molecule has 1 N–H and O–H groups in total. The maximum atomic E-state index is 11.3. The number of nitro groups is 1. The minimum atomic E-state index is -0.470. The minimum Gasteiger partial charge on any atom is -0.490 e. The molecular weight excluding hydrogens is 376 g/mol. The first-order valence-corrected chi connectivity index (χ1v) is 9.33. The summed E-state index contributed by atoms with van der Waals surface area (Å²) in [6.07, 6.45) is 1.48. The van der Waals surface area contributed by atoms with Crippen LogP contribution in [0.3, 0.4) is 0 Å². The number of aromatic nitrogens is 2. The Balaban J connectivity index is 1.80. The van der Waals surface area contributed by atoms with E-state index in [1.807, 2.05) is 12.3 Å². The van der Waals surface area contributed by atoms with Crippen molar-refractivity contribution in [1.82, 2.24) is 9.97 Å². The Morgan fingerprint density at radius 1 is 1.14 bits per heavy atom. The maximum absolute atomic E-state index is 11.3. The van der Waals surface area contributed by atoms with Crippen LogP contribution in [0.15, 0.2) is 54.2 Å².